The van der Waals surface area contributed by atoms with Gasteiger partial charge < -0.3 is 20.5 Å². The van der Waals surface area contributed by atoms with Gasteiger partial charge in [0.15, 0.2) is 12.4 Å². The number of carboxylic acid groups (broad SMARTS) is 1. The summed E-state index contributed by atoms with van der Waals surface area (Å²) in [5.41, 5.74) is 0.451. The van der Waals surface area contributed by atoms with Crippen molar-refractivity contribution >= 4 is 18.0 Å². The summed E-state index contributed by atoms with van der Waals surface area (Å²) in [5.74, 6) is -0.925. The van der Waals surface area contributed by atoms with E-state index in [2.05, 4.69) is 10.6 Å². The number of rotatable bonds is 9. The summed E-state index contributed by atoms with van der Waals surface area (Å²) in [6, 6.07) is 3.33. The lowest BCUT2D eigenvalue weighted by Crippen LogP contribution is -2.40. The van der Waals surface area contributed by atoms with Crippen molar-refractivity contribution < 1.29 is 28.8 Å². The monoisotopic (exact) mass is 352 g/mol. The summed E-state index contributed by atoms with van der Waals surface area (Å²) in [6.07, 6.45) is 3.32. The van der Waals surface area contributed by atoms with Crippen LogP contribution in [0.2, 0.25) is 0 Å². The quantitative estimate of drug-likeness (QED) is 0.578. The molecule has 0 spiro atoms. The molecule has 2 amide bonds. The third kappa shape index (κ3) is 8.14. The number of carboxylic acids is 1. The van der Waals surface area contributed by atoms with Crippen molar-refractivity contribution in [3.8, 4) is 0 Å². The molecule has 0 bridgehead atoms. The van der Waals surface area contributed by atoms with E-state index in [0.29, 0.717) is 17.9 Å². The zero-order chi connectivity index (χ0) is 18.8. The average molecular weight is 352 g/mol. The van der Waals surface area contributed by atoms with Gasteiger partial charge in [-0.05, 0) is 24.3 Å². The van der Waals surface area contributed by atoms with Crippen LogP contribution in [0, 0.1) is 11.8 Å². The molecule has 8 nitrogen and oxygen atoms in total. The van der Waals surface area contributed by atoms with Crippen molar-refractivity contribution in [2.24, 2.45) is 11.8 Å². The first-order chi connectivity index (χ1) is 11.8. The number of nitrogens with zero attached hydrogens (tertiary/aromatic N) is 1. The zero-order valence-corrected chi connectivity index (χ0v) is 14.8. The first-order valence-electron chi connectivity index (χ1n) is 8.15. The van der Waals surface area contributed by atoms with E-state index in [9.17, 15) is 14.4 Å². The van der Waals surface area contributed by atoms with E-state index in [-0.39, 0.29) is 31.5 Å². The number of carbonyl (C=O) groups excluding carboxylic acids is 2. The molecule has 1 atom stereocenters. The second-order valence-corrected chi connectivity index (χ2v) is 6.22. The van der Waals surface area contributed by atoms with Crippen LogP contribution in [0.1, 0.15) is 37.0 Å². The molecule has 0 unspecified atom stereocenters. The molecule has 0 aromatic carbocycles. The minimum absolute atomic E-state index is 0.00137. The highest BCUT2D eigenvalue weighted by Crippen LogP contribution is 2.14. The van der Waals surface area contributed by atoms with Gasteiger partial charge in [0.25, 0.3) is 12.6 Å². The second-order valence-electron chi connectivity index (χ2n) is 6.22. The lowest BCUT2D eigenvalue weighted by atomic mass is 9.94. The largest absolute Gasteiger partial charge is 0.481 e. The summed E-state index contributed by atoms with van der Waals surface area (Å²) in [4.78, 5) is 34.2. The number of aromatic nitrogens is 1. The molecular weight excluding hydrogens is 326 g/mol. The Kier molecular flexibility index (Phi) is 8.38. The average Bonchev–Trinajstić information content (AvgIpc) is 2.56. The Balaban J connectivity index is 2.48. The van der Waals surface area contributed by atoms with Gasteiger partial charge in [0.1, 0.15) is 5.56 Å². The van der Waals surface area contributed by atoms with E-state index >= 15 is 0 Å². The van der Waals surface area contributed by atoms with Crippen molar-refractivity contribution in [3.63, 3.8) is 0 Å². The van der Waals surface area contributed by atoms with Gasteiger partial charge in [-0.1, -0.05) is 13.8 Å². The SMILES string of the molecule is CNC(=O)c1ccc[n+](COC(=O)NC[C@H](CC(=O)O)CC(C)C)c1. The third-order valence-electron chi connectivity index (χ3n) is 3.50. The molecule has 3 N–H and O–H groups in total. The zero-order valence-electron chi connectivity index (χ0n) is 14.8. The number of amides is 2. The van der Waals surface area contributed by atoms with Crippen molar-refractivity contribution in [3.05, 3.63) is 30.1 Å². The lowest BCUT2D eigenvalue weighted by Gasteiger charge is -2.17. The molecule has 0 aliphatic carbocycles. The number of nitrogens with one attached hydrogen (secondary N) is 2. The molecule has 1 aromatic rings. The molecule has 8 heteroatoms. The summed E-state index contributed by atoms with van der Waals surface area (Å²) in [5, 5.41) is 14.0. The van der Waals surface area contributed by atoms with Gasteiger partial charge in [-0.3, -0.25) is 9.59 Å². The molecule has 0 radical (unpaired) electrons. The fourth-order valence-electron chi connectivity index (χ4n) is 2.45. The van der Waals surface area contributed by atoms with Gasteiger partial charge in [0.05, 0.1) is 0 Å². The van der Waals surface area contributed by atoms with E-state index in [1.165, 1.54) is 7.05 Å². The fraction of sp³-hybridized carbons (Fsp3) is 0.529. The third-order valence-corrected chi connectivity index (χ3v) is 3.50. The van der Waals surface area contributed by atoms with E-state index in [4.69, 9.17) is 9.84 Å². The number of pyridine rings is 1. The second kappa shape index (κ2) is 10.3. The molecular formula is C17H26N3O5+. The first kappa shape index (κ1) is 20.4. The summed E-state index contributed by atoms with van der Waals surface area (Å²) in [6.45, 7) is 4.20. The summed E-state index contributed by atoms with van der Waals surface area (Å²) < 4.78 is 6.65. The van der Waals surface area contributed by atoms with Crippen LogP contribution in [0.15, 0.2) is 24.5 Å². The summed E-state index contributed by atoms with van der Waals surface area (Å²) in [7, 11) is 1.54. The van der Waals surface area contributed by atoms with Crippen molar-refractivity contribution in [1.29, 1.82) is 0 Å². The predicted molar refractivity (Wildman–Crippen MR) is 89.7 cm³/mol. The summed E-state index contributed by atoms with van der Waals surface area (Å²) >= 11 is 0. The van der Waals surface area contributed by atoms with E-state index in [1.807, 2.05) is 13.8 Å². The first-order valence-corrected chi connectivity index (χ1v) is 8.15. The predicted octanol–water partition coefficient (Wildman–Crippen LogP) is 1.15. The van der Waals surface area contributed by atoms with E-state index < -0.39 is 12.1 Å². The maximum Gasteiger partial charge on any atom is 0.412 e. The van der Waals surface area contributed by atoms with Gasteiger partial charge in [-0.2, -0.15) is 4.57 Å². The van der Waals surface area contributed by atoms with Crippen molar-refractivity contribution in [2.45, 2.75) is 33.4 Å². The number of alkyl carbamates (subject to hydrolysis) is 1. The van der Waals surface area contributed by atoms with Crippen LogP contribution in [-0.2, 0) is 16.3 Å². The minimum Gasteiger partial charge on any atom is -0.481 e. The molecule has 1 aromatic heterocycles. The topological polar surface area (TPSA) is 109 Å². The van der Waals surface area contributed by atoms with Gasteiger partial charge in [-0.15, -0.1) is 0 Å². The van der Waals surface area contributed by atoms with Gasteiger partial charge in [-0.25, -0.2) is 4.79 Å². The van der Waals surface area contributed by atoms with Crippen LogP contribution in [0.4, 0.5) is 4.79 Å². The maximum absolute atomic E-state index is 11.8. The Labute approximate surface area is 147 Å². The van der Waals surface area contributed by atoms with Crippen LogP contribution in [0.25, 0.3) is 0 Å². The maximum atomic E-state index is 11.8. The van der Waals surface area contributed by atoms with Gasteiger partial charge in [0, 0.05) is 26.1 Å². The molecule has 25 heavy (non-hydrogen) atoms. The van der Waals surface area contributed by atoms with Crippen molar-refractivity contribution in [2.75, 3.05) is 13.6 Å². The number of aliphatic carboxylic acids is 1. The molecule has 0 aliphatic rings. The fourth-order valence-corrected chi connectivity index (χ4v) is 2.45. The Morgan fingerprint density at radius 2 is 2.04 bits per heavy atom. The molecule has 138 valence electrons. The molecule has 1 heterocycles. The number of ether oxygens (including phenoxy) is 1. The number of hydrogen-bond donors (Lipinski definition) is 3. The van der Waals surface area contributed by atoms with Crippen LogP contribution in [-0.4, -0.2) is 36.7 Å². The number of carbonyl (C=O) groups is 3. The van der Waals surface area contributed by atoms with E-state index in [0.717, 1.165) is 0 Å². The molecule has 0 aliphatic heterocycles. The molecule has 1 rings (SSSR count). The van der Waals surface area contributed by atoms with Crippen molar-refractivity contribution in [1.82, 2.24) is 10.6 Å². The van der Waals surface area contributed by atoms with Crippen LogP contribution in [0.3, 0.4) is 0 Å². The smallest absolute Gasteiger partial charge is 0.412 e. The molecule has 0 saturated carbocycles. The molecule has 0 fully saturated rings. The Bertz CT molecular complexity index is 604. The van der Waals surface area contributed by atoms with Gasteiger partial charge >= 0.3 is 12.1 Å². The van der Waals surface area contributed by atoms with E-state index in [1.54, 1.807) is 29.1 Å². The molecule has 0 saturated heterocycles. The normalized spacial score (nSPS) is 11.7. The highest BCUT2D eigenvalue weighted by Gasteiger charge is 2.17. The Morgan fingerprint density at radius 3 is 2.64 bits per heavy atom. The Hall–Kier alpha value is -2.64. The number of hydrogen-bond acceptors (Lipinski definition) is 4. The van der Waals surface area contributed by atoms with Gasteiger partial charge in [0.2, 0.25) is 0 Å². The minimum atomic E-state index is -0.887. The van der Waals surface area contributed by atoms with Crippen LogP contribution >= 0.6 is 0 Å². The van der Waals surface area contributed by atoms with Crippen LogP contribution in [0.5, 0.6) is 0 Å². The Morgan fingerprint density at radius 1 is 1.32 bits per heavy atom. The highest BCUT2D eigenvalue weighted by molar-refractivity contribution is 5.93. The highest BCUT2D eigenvalue weighted by atomic mass is 16.6. The van der Waals surface area contributed by atoms with Crippen LogP contribution < -0.4 is 15.2 Å². The lowest BCUT2D eigenvalue weighted by molar-refractivity contribution is -0.727. The standard InChI is InChI=1S/C17H25N3O5/c1-12(2)7-13(8-15(21)22)9-19-17(24)25-11-20-6-4-5-14(10-20)16(23)18-3/h4-6,10,12-13H,7-9,11H2,1-3H3,(H2-,18,19,21,22,23,24)/p+1/t13-/m0/s1.